The van der Waals surface area contributed by atoms with E-state index in [0.29, 0.717) is 5.69 Å². The third-order valence-corrected chi connectivity index (χ3v) is 4.64. The molecule has 0 amide bonds. The fourth-order valence-corrected chi connectivity index (χ4v) is 3.54. The van der Waals surface area contributed by atoms with Crippen LogP contribution >= 0.6 is 0 Å². The zero-order valence-electron chi connectivity index (χ0n) is 8.52. The molecular formula is C11H15NO2S. The molecule has 0 spiro atoms. The number of nitrogens with one attached hydrogen (secondary N) is 1. The summed E-state index contributed by atoms with van der Waals surface area (Å²) in [7, 11) is -3.16. The maximum absolute atomic E-state index is 11.9. The highest BCUT2D eigenvalue weighted by molar-refractivity contribution is 7.93. The average Bonchev–Trinajstić information content (AvgIpc) is 2.71. The summed E-state index contributed by atoms with van der Waals surface area (Å²) in [5.74, 6) is 0. The molecular weight excluding hydrogens is 210 g/mol. The molecule has 0 atom stereocenters. The lowest BCUT2D eigenvalue weighted by Crippen LogP contribution is -2.25. The van der Waals surface area contributed by atoms with Crippen molar-refractivity contribution in [3.05, 3.63) is 30.3 Å². The molecule has 4 heteroatoms. The molecule has 1 N–H and O–H groups in total. The molecule has 0 bridgehead atoms. The summed E-state index contributed by atoms with van der Waals surface area (Å²) in [6.45, 7) is 0. The Morgan fingerprint density at radius 2 is 1.67 bits per heavy atom. The highest BCUT2D eigenvalue weighted by Crippen LogP contribution is 2.25. The summed E-state index contributed by atoms with van der Waals surface area (Å²) in [6, 6.07) is 9.06. The first kappa shape index (κ1) is 10.5. The van der Waals surface area contributed by atoms with Crippen LogP contribution in [0.25, 0.3) is 0 Å². The van der Waals surface area contributed by atoms with Gasteiger partial charge in [0.15, 0.2) is 0 Å². The van der Waals surface area contributed by atoms with Crippen LogP contribution in [0.1, 0.15) is 25.7 Å². The van der Waals surface area contributed by atoms with E-state index in [9.17, 15) is 8.42 Å². The van der Waals surface area contributed by atoms with Gasteiger partial charge < -0.3 is 0 Å². The van der Waals surface area contributed by atoms with Crippen molar-refractivity contribution >= 4 is 15.7 Å². The van der Waals surface area contributed by atoms with Gasteiger partial charge in [-0.1, -0.05) is 31.0 Å². The highest BCUT2D eigenvalue weighted by Gasteiger charge is 2.28. The molecule has 3 nitrogen and oxygen atoms in total. The largest absolute Gasteiger partial charge is 0.283 e. The summed E-state index contributed by atoms with van der Waals surface area (Å²) >= 11 is 0. The first-order valence-corrected chi connectivity index (χ1v) is 6.80. The molecule has 1 aromatic rings. The fourth-order valence-electron chi connectivity index (χ4n) is 1.95. The Bertz CT molecular complexity index is 407. The van der Waals surface area contributed by atoms with Crippen molar-refractivity contribution in [3.63, 3.8) is 0 Å². The van der Waals surface area contributed by atoms with E-state index in [2.05, 4.69) is 4.72 Å². The third-order valence-electron chi connectivity index (χ3n) is 2.77. The van der Waals surface area contributed by atoms with E-state index in [1.165, 1.54) is 0 Å². The Kier molecular flexibility index (Phi) is 2.95. The molecule has 1 saturated carbocycles. The average molecular weight is 225 g/mol. The van der Waals surface area contributed by atoms with Gasteiger partial charge in [0.05, 0.1) is 5.25 Å². The first-order chi connectivity index (χ1) is 7.18. The Hall–Kier alpha value is -1.03. The van der Waals surface area contributed by atoms with Crippen LogP contribution in [-0.4, -0.2) is 13.7 Å². The number of rotatable bonds is 3. The van der Waals surface area contributed by atoms with Crippen LogP contribution in [-0.2, 0) is 10.0 Å². The molecule has 0 heterocycles. The third kappa shape index (κ3) is 2.50. The standard InChI is InChI=1S/C11H15NO2S/c13-15(14,11-8-4-5-9-11)12-10-6-2-1-3-7-10/h1-3,6-7,11-12H,4-5,8-9H2. The van der Waals surface area contributed by atoms with Gasteiger partial charge in [0, 0.05) is 5.69 Å². The number of anilines is 1. The van der Waals surface area contributed by atoms with E-state index in [1.54, 1.807) is 12.1 Å². The van der Waals surface area contributed by atoms with Crippen molar-refractivity contribution in [2.75, 3.05) is 4.72 Å². The molecule has 1 aliphatic rings. The minimum absolute atomic E-state index is 0.197. The van der Waals surface area contributed by atoms with E-state index in [0.717, 1.165) is 25.7 Å². The number of sulfonamides is 1. The van der Waals surface area contributed by atoms with E-state index in [4.69, 9.17) is 0 Å². The van der Waals surface area contributed by atoms with Gasteiger partial charge in [-0.05, 0) is 25.0 Å². The number of para-hydroxylation sites is 1. The molecule has 0 unspecified atom stereocenters. The van der Waals surface area contributed by atoms with E-state index < -0.39 is 10.0 Å². The zero-order chi connectivity index (χ0) is 10.7. The minimum atomic E-state index is -3.16. The molecule has 2 rings (SSSR count). The van der Waals surface area contributed by atoms with Crippen molar-refractivity contribution in [3.8, 4) is 0 Å². The topological polar surface area (TPSA) is 46.2 Å². The van der Waals surface area contributed by atoms with Crippen LogP contribution in [0.15, 0.2) is 30.3 Å². The predicted molar refractivity (Wildman–Crippen MR) is 61.2 cm³/mol. The molecule has 82 valence electrons. The smallest absolute Gasteiger partial charge is 0.235 e. The lowest BCUT2D eigenvalue weighted by Gasteiger charge is -2.12. The Labute approximate surface area is 90.6 Å². The monoisotopic (exact) mass is 225 g/mol. The highest BCUT2D eigenvalue weighted by atomic mass is 32.2. The number of hydrogen-bond acceptors (Lipinski definition) is 2. The fraction of sp³-hybridized carbons (Fsp3) is 0.455. The van der Waals surface area contributed by atoms with Gasteiger partial charge in [-0.2, -0.15) is 0 Å². The molecule has 15 heavy (non-hydrogen) atoms. The van der Waals surface area contributed by atoms with E-state index >= 15 is 0 Å². The van der Waals surface area contributed by atoms with Crippen molar-refractivity contribution in [1.29, 1.82) is 0 Å². The zero-order valence-corrected chi connectivity index (χ0v) is 9.33. The lowest BCUT2D eigenvalue weighted by atomic mass is 10.3. The van der Waals surface area contributed by atoms with E-state index in [-0.39, 0.29) is 5.25 Å². The first-order valence-electron chi connectivity index (χ1n) is 5.25. The lowest BCUT2D eigenvalue weighted by molar-refractivity contribution is 0.585. The van der Waals surface area contributed by atoms with Crippen molar-refractivity contribution in [1.82, 2.24) is 0 Å². The Balaban J connectivity index is 2.11. The van der Waals surface area contributed by atoms with Crippen LogP contribution in [0.2, 0.25) is 0 Å². The minimum Gasteiger partial charge on any atom is -0.283 e. The summed E-state index contributed by atoms with van der Waals surface area (Å²) in [6.07, 6.45) is 3.64. The number of benzene rings is 1. The van der Waals surface area contributed by atoms with Gasteiger partial charge in [0.1, 0.15) is 0 Å². The van der Waals surface area contributed by atoms with Crippen molar-refractivity contribution < 1.29 is 8.42 Å². The van der Waals surface area contributed by atoms with Crippen LogP contribution in [0.5, 0.6) is 0 Å². The van der Waals surface area contributed by atoms with Crippen LogP contribution < -0.4 is 4.72 Å². The van der Waals surface area contributed by atoms with Gasteiger partial charge >= 0.3 is 0 Å². The second-order valence-electron chi connectivity index (χ2n) is 3.92. The van der Waals surface area contributed by atoms with Crippen molar-refractivity contribution in [2.24, 2.45) is 0 Å². The van der Waals surface area contributed by atoms with E-state index in [1.807, 2.05) is 18.2 Å². The molecule has 0 radical (unpaired) electrons. The van der Waals surface area contributed by atoms with Crippen LogP contribution in [0.4, 0.5) is 5.69 Å². The molecule has 0 aliphatic heterocycles. The summed E-state index contributed by atoms with van der Waals surface area (Å²) in [5.41, 5.74) is 0.657. The second-order valence-corrected chi connectivity index (χ2v) is 5.88. The van der Waals surface area contributed by atoms with Gasteiger partial charge in [0.2, 0.25) is 10.0 Å². The Morgan fingerprint density at radius 1 is 1.07 bits per heavy atom. The maximum Gasteiger partial charge on any atom is 0.235 e. The molecule has 0 saturated heterocycles. The van der Waals surface area contributed by atoms with Crippen LogP contribution in [0, 0.1) is 0 Å². The summed E-state index contributed by atoms with van der Waals surface area (Å²) in [5, 5.41) is -0.197. The Morgan fingerprint density at radius 3 is 2.27 bits per heavy atom. The summed E-state index contributed by atoms with van der Waals surface area (Å²) in [4.78, 5) is 0. The number of hydrogen-bond donors (Lipinski definition) is 1. The van der Waals surface area contributed by atoms with Gasteiger partial charge in [-0.15, -0.1) is 0 Å². The summed E-state index contributed by atoms with van der Waals surface area (Å²) < 4.78 is 26.4. The molecule has 1 aliphatic carbocycles. The molecule has 0 aromatic heterocycles. The molecule has 1 aromatic carbocycles. The van der Waals surface area contributed by atoms with Gasteiger partial charge in [-0.3, -0.25) is 4.72 Å². The SMILES string of the molecule is O=S(=O)(Nc1ccccc1)C1CCCC1. The van der Waals surface area contributed by atoms with Crippen LogP contribution in [0.3, 0.4) is 0 Å². The van der Waals surface area contributed by atoms with Crippen molar-refractivity contribution in [2.45, 2.75) is 30.9 Å². The van der Waals surface area contributed by atoms with Gasteiger partial charge in [0.25, 0.3) is 0 Å². The predicted octanol–water partition coefficient (Wildman–Crippen LogP) is 2.37. The molecule has 1 fully saturated rings. The second kappa shape index (κ2) is 4.23. The quantitative estimate of drug-likeness (QED) is 0.858. The maximum atomic E-state index is 11.9. The van der Waals surface area contributed by atoms with Gasteiger partial charge in [-0.25, -0.2) is 8.42 Å². The normalized spacial score (nSPS) is 17.9.